The van der Waals surface area contributed by atoms with E-state index in [4.69, 9.17) is 0 Å². The first-order valence-corrected chi connectivity index (χ1v) is 3.77. The molecule has 0 amide bonds. The average molecular weight is 174 g/mol. The molecule has 0 N–H and O–H groups in total. The van der Waals surface area contributed by atoms with E-state index < -0.39 is 5.97 Å². The van der Waals surface area contributed by atoms with Crippen LogP contribution in [0.2, 0.25) is 0 Å². The van der Waals surface area contributed by atoms with Gasteiger partial charge in [0.05, 0.1) is 5.29 Å². The third kappa shape index (κ3) is 5.64. The summed E-state index contributed by atoms with van der Waals surface area (Å²) in [6.45, 7) is 5.63. The van der Waals surface area contributed by atoms with E-state index in [9.17, 15) is 9.70 Å². The molecule has 0 fully saturated rings. The van der Waals surface area contributed by atoms with Crippen LogP contribution < -0.4 is 0 Å². The standard InChI is InChI=1S/C7H14N2O3/c1-6(2)4-9(8-11)5-12-7(3)10/h6H,4-5H2,1-3H3. The number of nitrogens with zero attached hydrogens (tertiary/aromatic N) is 2. The first-order chi connectivity index (χ1) is 5.56. The highest BCUT2D eigenvalue weighted by Gasteiger charge is 2.06. The number of carbonyl (C=O) groups is 1. The van der Waals surface area contributed by atoms with Crippen LogP contribution in [0.25, 0.3) is 0 Å². The van der Waals surface area contributed by atoms with Crippen molar-refractivity contribution in [1.82, 2.24) is 5.01 Å². The minimum absolute atomic E-state index is 0.0585. The summed E-state index contributed by atoms with van der Waals surface area (Å²) in [5.74, 6) is -0.0920. The Balaban J connectivity index is 3.67. The van der Waals surface area contributed by atoms with Gasteiger partial charge in [0.25, 0.3) is 0 Å². The van der Waals surface area contributed by atoms with Crippen LogP contribution in [0.4, 0.5) is 0 Å². The van der Waals surface area contributed by atoms with E-state index in [1.807, 2.05) is 13.8 Å². The summed E-state index contributed by atoms with van der Waals surface area (Å²) < 4.78 is 4.59. The molecule has 0 unspecified atom stereocenters. The zero-order chi connectivity index (χ0) is 9.56. The summed E-state index contributed by atoms with van der Waals surface area (Å²) in [6.07, 6.45) is 0. The van der Waals surface area contributed by atoms with E-state index in [0.717, 1.165) is 0 Å². The summed E-state index contributed by atoms with van der Waals surface area (Å²) in [7, 11) is 0. The quantitative estimate of drug-likeness (QED) is 0.271. The Bertz CT molecular complexity index is 159. The van der Waals surface area contributed by atoms with Crippen LogP contribution in [0.3, 0.4) is 0 Å². The van der Waals surface area contributed by atoms with Crippen LogP contribution in [0.15, 0.2) is 5.29 Å². The van der Waals surface area contributed by atoms with Crippen molar-refractivity contribution in [2.75, 3.05) is 13.3 Å². The molecule has 0 aromatic carbocycles. The number of esters is 1. The molecule has 5 nitrogen and oxygen atoms in total. The van der Waals surface area contributed by atoms with Gasteiger partial charge in [-0.25, -0.2) is 5.01 Å². The van der Waals surface area contributed by atoms with Gasteiger partial charge in [-0.2, -0.15) is 0 Å². The molecule has 0 spiro atoms. The van der Waals surface area contributed by atoms with Crippen LogP contribution in [0.5, 0.6) is 0 Å². The highest BCUT2D eigenvalue weighted by Crippen LogP contribution is 1.98. The Morgan fingerprint density at radius 2 is 2.17 bits per heavy atom. The van der Waals surface area contributed by atoms with Gasteiger partial charge in [0.15, 0.2) is 6.73 Å². The Kier molecular flexibility index (Phi) is 4.99. The topological polar surface area (TPSA) is 59.0 Å². The number of rotatable bonds is 5. The number of nitroso groups, excluding NO2 is 1. The number of ether oxygens (including phenoxy) is 1. The van der Waals surface area contributed by atoms with Crippen molar-refractivity contribution in [3.8, 4) is 0 Å². The Morgan fingerprint density at radius 1 is 1.58 bits per heavy atom. The van der Waals surface area contributed by atoms with Gasteiger partial charge >= 0.3 is 5.97 Å². The normalized spacial score (nSPS) is 9.67. The molecular weight excluding hydrogens is 160 g/mol. The maximum absolute atomic E-state index is 10.4. The molecule has 0 atom stereocenters. The minimum Gasteiger partial charge on any atom is -0.443 e. The lowest BCUT2D eigenvalue weighted by Crippen LogP contribution is -2.25. The fourth-order valence-corrected chi connectivity index (χ4v) is 0.697. The van der Waals surface area contributed by atoms with E-state index in [1.54, 1.807) is 0 Å². The highest BCUT2D eigenvalue weighted by molar-refractivity contribution is 5.65. The van der Waals surface area contributed by atoms with Crippen LogP contribution in [-0.4, -0.2) is 24.3 Å². The van der Waals surface area contributed by atoms with E-state index in [2.05, 4.69) is 10.0 Å². The van der Waals surface area contributed by atoms with Gasteiger partial charge in [0.2, 0.25) is 0 Å². The monoisotopic (exact) mass is 174 g/mol. The molecule has 5 heteroatoms. The van der Waals surface area contributed by atoms with E-state index in [-0.39, 0.29) is 6.73 Å². The minimum atomic E-state index is -0.410. The van der Waals surface area contributed by atoms with Crippen LogP contribution in [0, 0.1) is 10.8 Å². The molecule has 0 aliphatic carbocycles. The van der Waals surface area contributed by atoms with Crippen molar-refractivity contribution in [2.45, 2.75) is 20.8 Å². The molecule has 0 heterocycles. The van der Waals surface area contributed by atoms with Crippen LogP contribution in [0.1, 0.15) is 20.8 Å². The van der Waals surface area contributed by atoms with Gasteiger partial charge in [-0.3, -0.25) is 4.79 Å². The molecule has 0 bridgehead atoms. The highest BCUT2D eigenvalue weighted by atomic mass is 16.5. The predicted molar refractivity (Wildman–Crippen MR) is 44.0 cm³/mol. The average Bonchev–Trinajstić information content (AvgIpc) is 1.97. The number of hydrogen-bond acceptors (Lipinski definition) is 4. The summed E-state index contributed by atoms with van der Waals surface area (Å²) in [5.41, 5.74) is 0. The summed E-state index contributed by atoms with van der Waals surface area (Å²) in [5, 5.41) is 3.88. The number of hydrogen-bond donors (Lipinski definition) is 0. The molecule has 0 aliphatic rings. The van der Waals surface area contributed by atoms with Crippen molar-refractivity contribution < 1.29 is 9.53 Å². The number of carbonyl (C=O) groups excluding carboxylic acids is 1. The fourth-order valence-electron chi connectivity index (χ4n) is 0.697. The molecule has 0 aliphatic heterocycles. The van der Waals surface area contributed by atoms with E-state index >= 15 is 0 Å². The largest absolute Gasteiger partial charge is 0.443 e. The summed E-state index contributed by atoms with van der Waals surface area (Å²) in [6, 6.07) is 0. The summed E-state index contributed by atoms with van der Waals surface area (Å²) >= 11 is 0. The molecule has 0 aromatic rings. The predicted octanol–water partition coefficient (Wildman–Crippen LogP) is 1.15. The molecule has 0 rings (SSSR count). The second-order valence-corrected chi connectivity index (χ2v) is 2.93. The van der Waals surface area contributed by atoms with Crippen LogP contribution >= 0.6 is 0 Å². The smallest absolute Gasteiger partial charge is 0.304 e. The van der Waals surface area contributed by atoms with Gasteiger partial charge in [0, 0.05) is 13.5 Å². The SMILES string of the molecule is CC(=O)OCN(CC(C)C)N=O. The van der Waals surface area contributed by atoms with Crippen molar-refractivity contribution >= 4 is 5.97 Å². The van der Waals surface area contributed by atoms with Gasteiger partial charge in [-0.05, 0) is 5.92 Å². The summed E-state index contributed by atoms with van der Waals surface area (Å²) in [4.78, 5) is 20.5. The van der Waals surface area contributed by atoms with Crippen molar-refractivity contribution in [1.29, 1.82) is 0 Å². The lowest BCUT2D eigenvalue weighted by molar-refractivity contribution is -0.146. The molecule has 12 heavy (non-hydrogen) atoms. The molecule has 0 aromatic heterocycles. The first kappa shape index (κ1) is 10.9. The van der Waals surface area contributed by atoms with Crippen LogP contribution in [-0.2, 0) is 9.53 Å². The van der Waals surface area contributed by atoms with Crippen molar-refractivity contribution in [2.24, 2.45) is 11.2 Å². The maximum Gasteiger partial charge on any atom is 0.304 e. The van der Waals surface area contributed by atoms with E-state index in [0.29, 0.717) is 12.5 Å². The van der Waals surface area contributed by atoms with E-state index in [1.165, 1.54) is 11.9 Å². The lowest BCUT2D eigenvalue weighted by atomic mass is 10.2. The Hall–Kier alpha value is -1.13. The second kappa shape index (κ2) is 5.51. The third-order valence-electron chi connectivity index (χ3n) is 1.11. The first-order valence-electron chi connectivity index (χ1n) is 3.77. The van der Waals surface area contributed by atoms with Gasteiger partial charge < -0.3 is 4.74 Å². The third-order valence-corrected chi connectivity index (χ3v) is 1.11. The van der Waals surface area contributed by atoms with Crippen molar-refractivity contribution in [3.63, 3.8) is 0 Å². The van der Waals surface area contributed by atoms with Crippen molar-refractivity contribution in [3.05, 3.63) is 4.91 Å². The Morgan fingerprint density at radius 3 is 2.50 bits per heavy atom. The molecule has 0 saturated carbocycles. The fraction of sp³-hybridized carbons (Fsp3) is 0.857. The Labute approximate surface area is 71.6 Å². The zero-order valence-corrected chi connectivity index (χ0v) is 7.61. The maximum atomic E-state index is 10.4. The lowest BCUT2D eigenvalue weighted by Gasteiger charge is -2.16. The van der Waals surface area contributed by atoms with Gasteiger partial charge in [-0.15, -0.1) is 4.91 Å². The molecule has 0 saturated heterocycles. The second-order valence-electron chi connectivity index (χ2n) is 2.93. The zero-order valence-electron chi connectivity index (χ0n) is 7.61. The van der Waals surface area contributed by atoms with Gasteiger partial charge in [-0.1, -0.05) is 13.8 Å². The molecule has 0 radical (unpaired) electrons. The molecule has 70 valence electrons. The molecular formula is C7H14N2O3. The van der Waals surface area contributed by atoms with Gasteiger partial charge in [0.1, 0.15) is 0 Å².